The number of unbranched alkanes of at least 4 members (excludes halogenated alkanes) is 1. The van der Waals surface area contributed by atoms with E-state index in [0.29, 0.717) is 18.0 Å². The summed E-state index contributed by atoms with van der Waals surface area (Å²) in [4.78, 5) is 12.2. The number of carbonyl (C=O) groups excluding carboxylic acids is 1. The first-order valence-corrected chi connectivity index (χ1v) is 6.56. The summed E-state index contributed by atoms with van der Waals surface area (Å²) in [6.07, 6.45) is 2.04. The number of nitrogen functional groups attached to an aromatic ring is 1. The Morgan fingerprint density at radius 3 is 2.94 bits per heavy atom. The molecule has 1 aromatic rings. The van der Waals surface area contributed by atoms with Gasteiger partial charge in [-0.25, -0.2) is 4.39 Å². The molecule has 0 saturated heterocycles. The van der Waals surface area contributed by atoms with Gasteiger partial charge in [0.1, 0.15) is 5.82 Å². The lowest BCUT2D eigenvalue weighted by Crippen LogP contribution is -2.26. The van der Waals surface area contributed by atoms with Crippen LogP contribution in [0, 0.1) is 5.82 Å². The Morgan fingerprint density at radius 2 is 2.29 bits per heavy atom. The second kappa shape index (κ2) is 7.17. The third kappa shape index (κ3) is 5.08. The monoisotopic (exact) mass is 256 g/mol. The van der Waals surface area contributed by atoms with Crippen molar-refractivity contribution < 1.29 is 9.18 Å². The van der Waals surface area contributed by atoms with Crippen LogP contribution in [0.2, 0.25) is 0 Å². The van der Waals surface area contributed by atoms with E-state index in [9.17, 15) is 9.18 Å². The Bertz CT molecular complexity index is 385. The van der Waals surface area contributed by atoms with Crippen LogP contribution >= 0.6 is 11.8 Å². The fourth-order valence-corrected chi connectivity index (χ4v) is 2.03. The molecule has 0 aliphatic heterocycles. The minimum atomic E-state index is -0.362. The van der Waals surface area contributed by atoms with Gasteiger partial charge in [0.05, 0.1) is 5.75 Å². The fourth-order valence-electron chi connectivity index (χ4n) is 1.25. The number of anilines is 1. The fraction of sp³-hybridized carbons (Fsp3) is 0.417. The first-order chi connectivity index (χ1) is 8.13. The standard InChI is InChI=1S/C12H17FN2OS/c1-2-3-6-15-12(16)8-17-11-5-4-9(13)7-10(11)14/h4-5,7H,2-3,6,8,14H2,1H3,(H,15,16). The van der Waals surface area contributed by atoms with E-state index >= 15 is 0 Å². The zero-order chi connectivity index (χ0) is 12.7. The van der Waals surface area contributed by atoms with Gasteiger partial charge in [-0.2, -0.15) is 0 Å². The van der Waals surface area contributed by atoms with Crippen molar-refractivity contribution in [2.24, 2.45) is 0 Å². The third-order valence-electron chi connectivity index (χ3n) is 2.18. The number of nitrogens with two attached hydrogens (primary N) is 1. The summed E-state index contributed by atoms with van der Waals surface area (Å²) in [5, 5.41) is 2.81. The van der Waals surface area contributed by atoms with Gasteiger partial charge in [-0.15, -0.1) is 11.8 Å². The zero-order valence-electron chi connectivity index (χ0n) is 9.83. The summed E-state index contributed by atoms with van der Waals surface area (Å²) in [5.74, 6) is -0.0778. The van der Waals surface area contributed by atoms with Crippen LogP contribution in [-0.2, 0) is 4.79 Å². The maximum Gasteiger partial charge on any atom is 0.230 e. The van der Waals surface area contributed by atoms with Crippen LogP contribution < -0.4 is 11.1 Å². The highest BCUT2D eigenvalue weighted by atomic mass is 32.2. The molecule has 0 spiro atoms. The molecule has 3 N–H and O–H groups in total. The van der Waals surface area contributed by atoms with Crippen molar-refractivity contribution in [3.8, 4) is 0 Å². The lowest BCUT2D eigenvalue weighted by Gasteiger charge is -2.06. The number of hydrogen-bond donors (Lipinski definition) is 2. The molecule has 94 valence electrons. The average Bonchev–Trinajstić information content (AvgIpc) is 2.28. The summed E-state index contributed by atoms with van der Waals surface area (Å²) >= 11 is 1.32. The van der Waals surface area contributed by atoms with Crippen molar-refractivity contribution in [3.63, 3.8) is 0 Å². The lowest BCUT2D eigenvalue weighted by atomic mass is 10.3. The molecule has 3 nitrogen and oxygen atoms in total. The molecule has 0 saturated carbocycles. The number of benzene rings is 1. The number of thioether (sulfide) groups is 1. The molecule has 0 heterocycles. The van der Waals surface area contributed by atoms with Gasteiger partial charge in [0.25, 0.3) is 0 Å². The maximum absolute atomic E-state index is 12.8. The van der Waals surface area contributed by atoms with E-state index in [2.05, 4.69) is 12.2 Å². The van der Waals surface area contributed by atoms with Gasteiger partial charge in [-0.05, 0) is 24.6 Å². The first kappa shape index (κ1) is 13.8. The molecule has 5 heteroatoms. The highest BCUT2D eigenvalue weighted by Gasteiger charge is 2.05. The molecular weight excluding hydrogens is 239 g/mol. The second-order valence-corrected chi connectivity index (χ2v) is 4.69. The van der Waals surface area contributed by atoms with Crippen molar-refractivity contribution in [2.45, 2.75) is 24.7 Å². The van der Waals surface area contributed by atoms with E-state index in [0.717, 1.165) is 17.7 Å². The number of hydrogen-bond acceptors (Lipinski definition) is 3. The minimum absolute atomic E-state index is 0.0211. The topological polar surface area (TPSA) is 55.1 Å². The number of nitrogens with one attached hydrogen (secondary N) is 1. The SMILES string of the molecule is CCCCNC(=O)CSc1ccc(F)cc1N. The Hall–Kier alpha value is -1.23. The second-order valence-electron chi connectivity index (χ2n) is 3.67. The lowest BCUT2D eigenvalue weighted by molar-refractivity contribution is -0.118. The van der Waals surface area contributed by atoms with E-state index in [4.69, 9.17) is 5.73 Å². The Morgan fingerprint density at radius 1 is 1.53 bits per heavy atom. The number of carbonyl (C=O) groups is 1. The van der Waals surface area contributed by atoms with Crippen molar-refractivity contribution in [3.05, 3.63) is 24.0 Å². The summed E-state index contributed by atoms with van der Waals surface area (Å²) in [5.41, 5.74) is 6.01. The summed E-state index contributed by atoms with van der Waals surface area (Å²) in [7, 11) is 0. The van der Waals surface area contributed by atoms with Crippen LogP contribution in [0.5, 0.6) is 0 Å². The molecule has 1 aromatic carbocycles. The molecule has 0 unspecified atom stereocenters. The van der Waals surface area contributed by atoms with Gasteiger partial charge in [-0.1, -0.05) is 13.3 Å². The van der Waals surface area contributed by atoms with Gasteiger partial charge in [0.2, 0.25) is 5.91 Å². The van der Waals surface area contributed by atoms with Crippen LogP contribution in [0.1, 0.15) is 19.8 Å². The van der Waals surface area contributed by atoms with Crippen LogP contribution in [-0.4, -0.2) is 18.2 Å². The van der Waals surface area contributed by atoms with Gasteiger partial charge < -0.3 is 11.1 Å². The normalized spacial score (nSPS) is 10.2. The predicted molar refractivity (Wildman–Crippen MR) is 69.5 cm³/mol. The van der Waals surface area contributed by atoms with Crippen molar-refractivity contribution >= 4 is 23.4 Å². The molecule has 0 radical (unpaired) electrons. The largest absolute Gasteiger partial charge is 0.398 e. The highest BCUT2D eigenvalue weighted by Crippen LogP contribution is 2.25. The van der Waals surface area contributed by atoms with Gasteiger partial charge >= 0.3 is 0 Å². The Kier molecular flexibility index (Phi) is 5.83. The van der Waals surface area contributed by atoms with Crippen LogP contribution in [0.3, 0.4) is 0 Å². The number of amides is 1. The van der Waals surface area contributed by atoms with Crippen molar-refractivity contribution in [1.29, 1.82) is 0 Å². The van der Waals surface area contributed by atoms with Gasteiger partial charge in [-0.3, -0.25) is 4.79 Å². The molecule has 0 aliphatic carbocycles. The Balaban J connectivity index is 2.37. The van der Waals surface area contributed by atoms with E-state index in [-0.39, 0.29) is 11.7 Å². The molecule has 0 aliphatic rings. The number of halogens is 1. The molecule has 17 heavy (non-hydrogen) atoms. The first-order valence-electron chi connectivity index (χ1n) is 5.58. The van der Waals surface area contributed by atoms with Gasteiger partial charge in [0, 0.05) is 17.1 Å². The molecule has 1 rings (SSSR count). The molecule has 0 fully saturated rings. The van der Waals surface area contributed by atoms with Gasteiger partial charge in [0.15, 0.2) is 0 Å². The minimum Gasteiger partial charge on any atom is -0.398 e. The van der Waals surface area contributed by atoms with E-state index < -0.39 is 0 Å². The van der Waals surface area contributed by atoms with E-state index in [1.54, 1.807) is 6.07 Å². The van der Waals surface area contributed by atoms with Crippen molar-refractivity contribution in [2.75, 3.05) is 18.0 Å². The molecular formula is C12H17FN2OS. The van der Waals surface area contributed by atoms with E-state index in [1.165, 1.54) is 23.9 Å². The van der Waals surface area contributed by atoms with E-state index in [1.807, 2.05) is 0 Å². The van der Waals surface area contributed by atoms with Crippen molar-refractivity contribution in [1.82, 2.24) is 5.32 Å². The summed E-state index contributed by atoms with van der Waals surface area (Å²) in [6.45, 7) is 2.77. The molecule has 0 atom stereocenters. The predicted octanol–water partition coefficient (Wildman–Crippen LogP) is 2.42. The Labute approximate surface area is 105 Å². The number of rotatable bonds is 6. The highest BCUT2D eigenvalue weighted by molar-refractivity contribution is 8.00. The molecule has 0 bridgehead atoms. The molecule has 1 amide bonds. The molecule has 0 aromatic heterocycles. The smallest absolute Gasteiger partial charge is 0.230 e. The van der Waals surface area contributed by atoms with Crippen LogP contribution in [0.4, 0.5) is 10.1 Å². The van der Waals surface area contributed by atoms with Crippen LogP contribution in [0.15, 0.2) is 23.1 Å². The average molecular weight is 256 g/mol. The summed E-state index contributed by atoms with van der Waals surface area (Å²) < 4.78 is 12.8. The summed E-state index contributed by atoms with van der Waals surface area (Å²) in [6, 6.07) is 4.19. The maximum atomic E-state index is 12.8. The zero-order valence-corrected chi connectivity index (χ0v) is 10.6. The third-order valence-corrected chi connectivity index (χ3v) is 3.27. The quantitative estimate of drug-likeness (QED) is 0.467. The van der Waals surface area contributed by atoms with Crippen LogP contribution in [0.25, 0.3) is 0 Å².